The van der Waals surface area contributed by atoms with Gasteiger partial charge in [0.2, 0.25) is 0 Å². The van der Waals surface area contributed by atoms with E-state index in [4.69, 9.17) is 11.1 Å². The van der Waals surface area contributed by atoms with Crippen LogP contribution in [0.1, 0.15) is 11.1 Å². The Morgan fingerprint density at radius 3 is 2.60 bits per heavy atom. The molecule has 0 radical (unpaired) electrons. The predicted molar refractivity (Wildman–Crippen MR) is 68.7 cm³/mol. The van der Waals surface area contributed by atoms with Crippen LogP contribution in [-0.4, -0.2) is 8.83 Å². The van der Waals surface area contributed by atoms with Crippen LogP contribution in [0.5, 0.6) is 0 Å². The molecule has 1 aliphatic rings. The molecule has 0 bridgehead atoms. The molecular weight excluding hydrogens is 220 g/mol. The lowest BCUT2D eigenvalue weighted by atomic mass is 10.1. The van der Waals surface area contributed by atoms with Gasteiger partial charge in [-0.2, -0.15) is 11.1 Å². The molecule has 0 fully saturated rings. The molecule has 15 heavy (non-hydrogen) atoms. The lowest BCUT2D eigenvalue weighted by Crippen LogP contribution is -2.14. The van der Waals surface area contributed by atoms with Gasteiger partial charge in [0.1, 0.15) is 0 Å². The summed E-state index contributed by atoms with van der Waals surface area (Å²) in [6.07, 6.45) is 1.07. The van der Waals surface area contributed by atoms with Gasteiger partial charge in [-0.1, -0.05) is 42.5 Å². The molecule has 0 heterocycles. The van der Waals surface area contributed by atoms with Crippen LogP contribution in [0.3, 0.4) is 0 Å². The van der Waals surface area contributed by atoms with Gasteiger partial charge in [-0.15, -0.1) is 0 Å². The van der Waals surface area contributed by atoms with E-state index in [2.05, 4.69) is 42.5 Å². The maximum absolute atomic E-state index is 6.09. The van der Waals surface area contributed by atoms with Crippen LogP contribution in [0, 0.1) is 0 Å². The molecular formula is C13H11ClSi. The number of hydrogen-bond acceptors (Lipinski definition) is 0. The topological polar surface area (TPSA) is 0 Å². The average molecular weight is 231 g/mol. The maximum Gasteiger partial charge on any atom is 0.156 e. The summed E-state index contributed by atoms with van der Waals surface area (Å²) in [5.74, 6) is 0. The minimum absolute atomic E-state index is 0.573. The molecule has 0 spiro atoms. The van der Waals surface area contributed by atoms with E-state index < -0.39 is 8.83 Å². The van der Waals surface area contributed by atoms with Gasteiger partial charge in [0.05, 0.1) is 0 Å². The largest absolute Gasteiger partial charge is 0.170 e. The van der Waals surface area contributed by atoms with Crippen LogP contribution in [0.15, 0.2) is 42.5 Å². The first-order valence-corrected chi connectivity index (χ1v) is 7.99. The molecule has 2 aromatic rings. The van der Waals surface area contributed by atoms with Gasteiger partial charge in [-0.05, 0) is 33.9 Å². The van der Waals surface area contributed by atoms with Gasteiger partial charge in [0.25, 0.3) is 0 Å². The number of halogens is 1. The molecule has 0 saturated heterocycles. The average Bonchev–Trinajstić information content (AvgIpc) is 2.67. The Labute approximate surface area is 96.4 Å². The van der Waals surface area contributed by atoms with Gasteiger partial charge in [-0.25, -0.2) is 0 Å². The zero-order valence-corrected chi connectivity index (χ0v) is 10.5. The Kier molecular flexibility index (Phi) is 2.15. The SMILES string of the molecule is Cl[SiH2]c1cccc2c1Cc1ccccc1-2. The third-order valence-electron chi connectivity index (χ3n) is 3.09. The summed E-state index contributed by atoms with van der Waals surface area (Å²) < 4.78 is 0. The molecule has 2 heteroatoms. The fraction of sp³-hybridized carbons (Fsp3) is 0.0769. The summed E-state index contributed by atoms with van der Waals surface area (Å²) in [5.41, 5.74) is 5.71. The maximum atomic E-state index is 6.09. The van der Waals surface area contributed by atoms with Crippen molar-refractivity contribution in [2.45, 2.75) is 6.42 Å². The first-order chi connectivity index (χ1) is 7.40. The zero-order chi connectivity index (χ0) is 10.3. The van der Waals surface area contributed by atoms with E-state index in [0.29, 0.717) is 0 Å². The molecule has 2 aromatic carbocycles. The molecule has 0 nitrogen and oxygen atoms in total. The van der Waals surface area contributed by atoms with E-state index in [-0.39, 0.29) is 0 Å². The molecule has 0 unspecified atom stereocenters. The predicted octanol–water partition coefficient (Wildman–Crippen LogP) is 2.21. The number of fused-ring (bicyclic) bond motifs is 3. The second-order valence-electron chi connectivity index (χ2n) is 3.91. The summed E-state index contributed by atoms with van der Waals surface area (Å²) in [6.45, 7) is 0. The molecule has 74 valence electrons. The van der Waals surface area contributed by atoms with Crippen molar-refractivity contribution in [2.75, 3.05) is 0 Å². The van der Waals surface area contributed by atoms with Gasteiger partial charge < -0.3 is 0 Å². The summed E-state index contributed by atoms with van der Waals surface area (Å²) >= 11 is 6.09. The van der Waals surface area contributed by atoms with Crippen molar-refractivity contribution in [3.63, 3.8) is 0 Å². The van der Waals surface area contributed by atoms with Crippen molar-refractivity contribution in [3.8, 4) is 11.1 Å². The number of hydrogen-bond donors (Lipinski definition) is 0. The van der Waals surface area contributed by atoms with Gasteiger partial charge in [0, 0.05) is 0 Å². The highest BCUT2D eigenvalue weighted by Gasteiger charge is 2.19. The zero-order valence-electron chi connectivity index (χ0n) is 8.33. The van der Waals surface area contributed by atoms with Crippen molar-refractivity contribution in [2.24, 2.45) is 0 Å². The summed E-state index contributed by atoms with van der Waals surface area (Å²) in [4.78, 5) is 0. The first kappa shape index (κ1) is 9.19. The molecule has 3 rings (SSSR count). The lowest BCUT2D eigenvalue weighted by molar-refractivity contribution is 1.28. The van der Waals surface area contributed by atoms with Crippen molar-refractivity contribution in [1.82, 2.24) is 0 Å². The normalized spacial score (nSPS) is 13.1. The van der Waals surface area contributed by atoms with Gasteiger partial charge >= 0.3 is 0 Å². The molecule has 0 aromatic heterocycles. The van der Waals surface area contributed by atoms with Crippen molar-refractivity contribution < 1.29 is 0 Å². The third-order valence-corrected chi connectivity index (χ3v) is 4.91. The quantitative estimate of drug-likeness (QED) is 0.444. The standard InChI is InChI=1S/C13H11ClSi/c14-15-13-7-3-6-11-10-5-2-1-4-9(10)8-12(11)13/h1-7H,8,15H2. The second kappa shape index (κ2) is 3.51. The van der Waals surface area contributed by atoms with E-state index in [9.17, 15) is 0 Å². The Morgan fingerprint density at radius 2 is 1.73 bits per heavy atom. The highest BCUT2D eigenvalue weighted by atomic mass is 35.6. The smallest absolute Gasteiger partial charge is 0.156 e. The third kappa shape index (κ3) is 1.35. The van der Waals surface area contributed by atoms with Crippen LogP contribution in [0.2, 0.25) is 0 Å². The first-order valence-electron chi connectivity index (χ1n) is 5.15. The Bertz CT molecular complexity index is 520. The van der Waals surface area contributed by atoms with E-state index in [1.165, 1.54) is 27.4 Å². The fourth-order valence-electron chi connectivity index (χ4n) is 2.35. The summed E-state index contributed by atoms with van der Waals surface area (Å²) in [7, 11) is -0.573. The van der Waals surface area contributed by atoms with E-state index in [1.54, 1.807) is 0 Å². The highest BCUT2D eigenvalue weighted by molar-refractivity contribution is 7.01. The molecule has 0 atom stereocenters. The summed E-state index contributed by atoms with van der Waals surface area (Å²) in [6, 6.07) is 15.2. The van der Waals surface area contributed by atoms with E-state index >= 15 is 0 Å². The highest BCUT2D eigenvalue weighted by Crippen LogP contribution is 2.34. The van der Waals surface area contributed by atoms with Gasteiger partial charge in [-0.3, -0.25) is 0 Å². The van der Waals surface area contributed by atoms with Crippen molar-refractivity contribution >= 4 is 25.1 Å². The Morgan fingerprint density at radius 1 is 0.933 bits per heavy atom. The van der Waals surface area contributed by atoms with Crippen LogP contribution in [0.4, 0.5) is 0 Å². The number of rotatable bonds is 1. The van der Waals surface area contributed by atoms with Crippen molar-refractivity contribution in [3.05, 3.63) is 53.6 Å². The van der Waals surface area contributed by atoms with Crippen LogP contribution in [0.25, 0.3) is 11.1 Å². The number of benzene rings is 2. The minimum atomic E-state index is -0.573. The van der Waals surface area contributed by atoms with Crippen LogP contribution in [-0.2, 0) is 6.42 Å². The van der Waals surface area contributed by atoms with Crippen molar-refractivity contribution in [1.29, 1.82) is 0 Å². The lowest BCUT2D eigenvalue weighted by Gasteiger charge is -2.04. The molecule has 0 N–H and O–H groups in total. The fourth-order valence-corrected chi connectivity index (χ4v) is 3.80. The van der Waals surface area contributed by atoms with Gasteiger partial charge in [0.15, 0.2) is 8.83 Å². The Hall–Kier alpha value is -1.05. The second-order valence-corrected chi connectivity index (χ2v) is 5.74. The molecule has 0 aliphatic heterocycles. The van der Waals surface area contributed by atoms with Crippen LogP contribution >= 0.6 is 11.1 Å². The van der Waals surface area contributed by atoms with E-state index in [1.807, 2.05) is 0 Å². The van der Waals surface area contributed by atoms with Crippen LogP contribution < -0.4 is 5.19 Å². The summed E-state index contributed by atoms with van der Waals surface area (Å²) in [5, 5.41) is 1.41. The van der Waals surface area contributed by atoms with E-state index in [0.717, 1.165) is 6.42 Å². The molecule has 1 aliphatic carbocycles. The molecule has 0 saturated carbocycles. The minimum Gasteiger partial charge on any atom is -0.170 e. The Balaban J connectivity index is 2.26. The monoisotopic (exact) mass is 230 g/mol. The molecule has 0 amide bonds.